The molecule has 2 heterocycles. The number of fused-ring (bicyclic) bond motifs is 1. The Hall–Kier alpha value is -1.74. The molecule has 8 heteroatoms. The Morgan fingerprint density at radius 2 is 2.03 bits per heavy atom. The number of esters is 2. The summed E-state index contributed by atoms with van der Waals surface area (Å²) in [6.07, 6.45) is 3.05. The molecule has 0 aromatic heterocycles. The summed E-state index contributed by atoms with van der Waals surface area (Å²) in [5.74, 6) is -1.32. The van der Waals surface area contributed by atoms with Crippen LogP contribution in [0.25, 0.3) is 0 Å². The van der Waals surface area contributed by atoms with Gasteiger partial charge < -0.3 is 24.4 Å². The maximum atomic E-state index is 12.7. The highest BCUT2D eigenvalue weighted by Gasteiger charge is 2.55. The fraction of sp³-hybridized carbons (Fsp3) is 0.714. The van der Waals surface area contributed by atoms with Crippen molar-refractivity contribution in [2.75, 3.05) is 26.8 Å². The van der Waals surface area contributed by atoms with Crippen molar-refractivity contribution in [3.63, 3.8) is 0 Å². The maximum absolute atomic E-state index is 12.7. The van der Waals surface area contributed by atoms with Crippen LogP contribution in [-0.4, -0.2) is 83.3 Å². The highest BCUT2D eigenvalue weighted by molar-refractivity contribution is 5.87. The minimum absolute atomic E-state index is 0.0640. The molecule has 0 aromatic rings. The molecule has 8 nitrogen and oxygen atoms in total. The molecule has 2 aliphatic heterocycles. The number of allylic oxidation sites excluding steroid dienone is 1. The van der Waals surface area contributed by atoms with Gasteiger partial charge in [0.2, 0.25) is 5.60 Å². The molecule has 0 saturated carbocycles. The molecule has 0 aromatic carbocycles. The maximum Gasteiger partial charge on any atom is 0.344 e. The summed E-state index contributed by atoms with van der Waals surface area (Å²) in [4.78, 5) is 27.0. The Morgan fingerprint density at radius 3 is 2.59 bits per heavy atom. The van der Waals surface area contributed by atoms with Gasteiger partial charge in [0.1, 0.15) is 18.3 Å². The summed E-state index contributed by atoms with van der Waals surface area (Å²) in [5.41, 5.74) is -2.65. The number of carbonyl (C=O) groups excluding carboxylic acids is 2. The molecular weight excluding hydrogens is 378 g/mol. The lowest BCUT2D eigenvalue weighted by Gasteiger charge is -2.40. The van der Waals surface area contributed by atoms with Crippen LogP contribution in [0.5, 0.6) is 0 Å². The van der Waals surface area contributed by atoms with Gasteiger partial charge in [-0.2, -0.15) is 0 Å². The molecule has 0 radical (unpaired) electrons. The second-order valence-electron chi connectivity index (χ2n) is 8.20. The van der Waals surface area contributed by atoms with Gasteiger partial charge in [-0.3, -0.25) is 4.90 Å². The van der Waals surface area contributed by atoms with E-state index in [4.69, 9.17) is 14.2 Å². The number of nitrogens with zero attached hydrogens (tertiary/aromatic N) is 1. The van der Waals surface area contributed by atoms with Gasteiger partial charge in [0.15, 0.2) is 0 Å². The van der Waals surface area contributed by atoms with Crippen molar-refractivity contribution in [1.82, 2.24) is 4.90 Å². The van der Waals surface area contributed by atoms with Gasteiger partial charge in [0.25, 0.3) is 0 Å². The van der Waals surface area contributed by atoms with Gasteiger partial charge in [-0.15, -0.1) is 0 Å². The zero-order chi connectivity index (χ0) is 22.0. The van der Waals surface area contributed by atoms with Gasteiger partial charge in [0.05, 0.1) is 12.1 Å². The first-order valence-electron chi connectivity index (χ1n) is 9.89. The summed E-state index contributed by atoms with van der Waals surface area (Å²) in [6, 6.07) is -0.161. The van der Waals surface area contributed by atoms with Crippen LogP contribution in [0, 0.1) is 0 Å². The van der Waals surface area contributed by atoms with Crippen LogP contribution in [0.15, 0.2) is 23.3 Å². The molecule has 0 bridgehead atoms. The van der Waals surface area contributed by atoms with Crippen molar-refractivity contribution in [3.8, 4) is 0 Å². The highest BCUT2D eigenvalue weighted by Crippen LogP contribution is 2.33. The molecule has 0 spiro atoms. The number of hydrogen-bond acceptors (Lipinski definition) is 8. The first-order chi connectivity index (χ1) is 13.5. The first-order valence-corrected chi connectivity index (χ1v) is 9.89. The van der Waals surface area contributed by atoms with Crippen molar-refractivity contribution in [1.29, 1.82) is 0 Å². The van der Waals surface area contributed by atoms with Crippen LogP contribution < -0.4 is 0 Å². The largest absolute Gasteiger partial charge is 0.459 e. The summed E-state index contributed by atoms with van der Waals surface area (Å²) in [7, 11) is 1.34. The lowest BCUT2D eigenvalue weighted by Crippen LogP contribution is -2.63. The Bertz CT molecular complexity index is 694. The number of ether oxygens (including phenoxy) is 3. The Morgan fingerprint density at radius 1 is 1.38 bits per heavy atom. The van der Waals surface area contributed by atoms with E-state index in [9.17, 15) is 19.8 Å². The fourth-order valence-electron chi connectivity index (χ4n) is 3.82. The standard InChI is InChI=1S/C21H33NO7/c1-7-13(2)18(23)29-16-9-11-22-10-8-15(17(16)22)12-28-19(24)21(26,14(3)27-6)20(4,5)25/h7-8,14,16-17,25-26H,9-12H2,1-6H3/b13-7+/t14-,16+,17+,21+/m0/s1. The predicted molar refractivity (Wildman–Crippen MR) is 106 cm³/mol. The molecule has 0 unspecified atom stereocenters. The van der Waals surface area contributed by atoms with Gasteiger partial charge in [-0.25, -0.2) is 9.59 Å². The second-order valence-corrected chi connectivity index (χ2v) is 8.20. The third kappa shape index (κ3) is 4.55. The molecule has 164 valence electrons. The van der Waals surface area contributed by atoms with Crippen molar-refractivity contribution >= 4 is 11.9 Å². The Labute approximate surface area is 172 Å². The highest BCUT2D eigenvalue weighted by atomic mass is 16.6. The van der Waals surface area contributed by atoms with Crippen LogP contribution in [0.4, 0.5) is 0 Å². The van der Waals surface area contributed by atoms with Crippen LogP contribution >= 0.6 is 0 Å². The average molecular weight is 411 g/mol. The molecule has 2 rings (SSSR count). The number of aliphatic hydroxyl groups is 2. The van der Waals surface area contributed by atoms with E-state index in [0.29, 0.717) is 18.5 Å². The number of hydrogen-bond donors (Lipinski definition) is 2. The van der Waals surface area contributed by atoms with Crippen LogP contribution in [0.2, 0.25) is 0 Å². The molecular formula is C21H33NO7. The second kappa shape index (κ2) is 8.95. The van der Waals surface area contributed by atoms with Crippen molar-refractivity contribution in [2.45, 2.75) is 70.5 Å². The van der Waals surface area contributed by atoms with E-state index < -0.39 is 23.3 Å². The molecule has 0 aliphatic carbocycles. The monoisotopic (exact) mass is 411 g/mol. The quantitative estimate of drug-likeness (QED) is 0.346. The van der Waals surface area contributed by atoms with Crippen molar-refractivity contribution in [3.05, 3.63) is 23.3 Å². The van der Waals surface area contributed by atoms with Gasteiger partial charge in [-0.1, -0.05) is 12.2 Å². The smallest absolute Gasteiger partial charge is 0.344 e. The van der Waals surface area contributed by atoms with Crippen molar-refractivity contribution < 1.29 is 34.0 Å². The summed E-state index contributed by atoms with van der Waals surface area (Å²) >= 11 is 0. The van der Waals surface area contributed by atoms with E-state index in [2.05, 4.69) is 4.90 Å². The van der Waals surface area contributed by atoms with Gasteiger partial charge >= 0.3 is 11.9 Å². The first kappa shape index (κ1) is 23.5. The van der Waals surface area contributed by atoms with Crippen LogP contribution in [-0.2, 0) is 23.8 Å². The third-order valence-electron chi connectivity index (χ3n) is 5.98. The fourth-order valence-corrected chi connectivity index (χ4v) is 3.82. The van der Waals surface area contributed by atoms with Gasteiger partial charge in [0, 0.05) is 25.8 Å². The zero-order valence-electron chi connectivity index (χ0n) is 18.1. The molecule has 1 saturated heterocycles. The zero-order valence-corrected chi connectivity index (χ0v) is 18.1. The molecule has 1 fully saturated rings. The molecule has 4 atom stereocenters. The number of rotatable bonds is 8. The summed E-state index contributed by atoms with van der Waals surface area (Å²) in [5, 5.41) is 21.2. The van der Waals surface area contributed by atoms with Crippen molar-refractivity contribution in [2.24, 2.45) is 0 Å². The van der Waals surface area contributed by atoms with E-state index in [0.717, 1.165) is 12.1 Å². The third-order valence-corrected chi connectivity index (χ3v) is 5.98. The summed E-state index contributed by atoms with van der Waals surface area (Å²) in [6.45, 7) is 9.03. The minimum atomic E-state index is -2.23. The molecule has 29 heavy (non-hydrogen) atoms. The van der Waals surface area contributed by atoms with E-state index in [1.54, 1.807) is 19.9 Å². The Balaban J connectivity index is 2.08. The summed E-state index contributed by atoms with van der Waals surface area (Å²) < 4.78 is 16.1. The number of carbonyl (C=O) groups is 2. The lowest BCUT2D eigenvalue weighted by molar-refractivity contribution is -0.216. The Kier molecular flexibility index (Phi) is 7.27. The van der Waals surface area contributed by atoms with E-state index >= 15 is 0 Å². The SMILES string of the molecule is C/C=C(\C)C(=O)O[C@@H]1CCN2CC=C(COC(=O)[C@](O)([C@H](C)OC)C(C)(C)O)[C@H]12. The average Bonchev–Trinajstić information content (AvgIpc) is 3.26. The lowest BCUT2D eigenvalue weighted by atomic mass is 9.81. The van der Waals surface area contributed by atoms with E-state index in [1.807, 2.05) is 6.08 Å². The molecule has 2 N–H and O–H groups in total. The van der Waals surface area contributed by atoms with Crippen LogP contribution in [0.3, 0.4) is 0 Å². The normalized spacial score (nSPS) is 25.8. The van der Waals surface area contributed by atoms with Gasteiger partial charge in [-0.05, 0) is 46.6 Å². The van der Waals surface area contributed by atoms with E-state index in [1.165, 1.54) is 27.9 Å². The van der Waals surface area contributed by atoms with E-state index in [-0.39, 0.29) is 24.7 Å². The molecule has 2 aliphatic rings. The van der Waals surface area contributed by atoms with Crippen LogP contribution in [0.1, 0.15) is 41.0 Å². The minimum Gasteiger partial charge on any atom is -0.459 e. The number of methoxy groups -OCH3 is 1. The topological polar surface area (TPSA) is 106 Å². The molecule has 0 amide bonds. The predicted octanol–water partition coefficient (Wildman–Crippen LogP) is 0.959.